The lowest BCUT2D eigenvalue weighted by Gasteiger charge is -2.40. The summed E-state index contributed by atoms with van der Waals surface area (Å²) in [4.78, 5) is 5.39. The molecule has 0 amide bonds. The fourth-order valence-corrected chi connectivity index (χ4v) is 3.88. The molecular formula is C20H33N3. The van der Waals surface area contributed by atoms with Gasteiger partial charge in [0.15, 0.2) is 0 Å². The molecule has 23 heavy (non-hydrogen) atoms. The van der Waals surface area contributed by atoms with Crippen LogP contribution >= 0.6 is 0 Å². The van der Waals surface area contributed by atoms with Crippen LogP contribution in [0.25, 0.3) is 0 Å². The lowest BCUT2D eigenvalue weighted by atomic mass is 9.94. The van der Waals surface area contributed by atoms with E-state index in [4.69, 9.17) is 0 Å². The number of hydrogen-bond acceptors (Lipinski definition) is 3. The summed E-state index contributed by atoms with van der Waals surface area (Å²) in [6, 6.07) is 7.66. The molecule has 1 N–H and O–H groups in total. The van der Waals surface area contributed by atoms with E-state index in [1.54, 1.807) is 0 Å². The van der Waals surface area contributed by atoms with Crippen LogP contribution in [0.1, 0.15) is 42.5 Å². The van der Waals surface area contributed by atoms with Gasteiger partial charge in [-0.3, -0.25) is 9.80 Å². The van der Waals surface area contributed by atoms with Crippen LogP contribution < -0.4 is 5.32 Å². The zero-order chi connectivity index (χ0) is 16.2. The van der Waals surface area contributed by atoms with Gasteiger partial charge in [-0.2, -0.15) is 0 Å². The third kappa shape index (κ3) is 4.34. The van der Waals surface area contributed by atoms with Crippen LogP contribution in [0, 0.1) is 19.8 Å². The highest BCUT2D eigenvalue weighted by molar-refractivity contribution is 5.32. The number of piperazine rings is 1. The van der Waals surface area contributed by atoms with Crippen molar-refractivity contribution in [3.8, 4) is 0 Å². The largest absolute Gasteiger partial charge is 0.314 e. The summed E-state index contributed by atoms with van der Waals surface area (Å²) in [5, 5.41) is 3.47. The van der Waals surface area contributed by atoms with Gasteiger partial charge in [0.1, 0.15) is 0 Å². The minimum Gasteiger partial charge on any atom is -0.314 e. The van der Waals surface area contributed by atoms with Crippen molar-refractivity contribution in [1.29, 1.82) is 0 Å². The number of aryl methyl sites for hydroxylation is 2. The van der Waals surface area contributed by atoms with Gasteiger partial charge in [0, 0.05) is 38.8 Å². The van der Waals surface area contributed by atoms with Crippen LogP contribution in [-0.4, -0.2) is 55.6 Å². The smallest absolute Gasteiger partial charge is 0.0475 e. The number of likely N-dealkylation sites (tertiary alicyclic amines) is 1. The van der Waals surface area contributed by atoms with Crippen molar-refractivity contribution in [2.24, 2.45) is 5.92 Å². The third-order valence-electron chi connectivity index (χ3n) is 5.82. The number of nitrogens with zero attached hydrogens (tertiary/aromatic N) is 2. The van der Waals surface area contributed by atoms with E-state index in [1.807, 2.05) is 0 Å². The maximum absolute atomic E-state index is 3.47. The molecule has 2 fully saturated rings. The zero-order valence-corrected chi connectivity index (χ0v) is 15.1. The van der Waals surface area contributed by atoms with E-state index in [-0.39, 0.29) is 0 Å². The van der Waals surface area contributed by atoms with E-state index >= 15 is 0 Å². The number of hydrogen-bond donors (Lipinski definition) is 1. The summed E-state index contributed by atoms with van der Waals surface area (Å²) in [5.41, 5.74) is 4.35. The molecule has 2 aliphatic heterocycles. The Labute approximate surface area is 142 Å². The Morgan fingerprint density at radius 3 is 2.39 bits per heavy atom. The van der Waals surface area contributed by atoms with Crippen molar-refractivity contribution >= 4 is 0 Å². The first-order valence-electron chi connectivity index (χ1n) is 9.38. The van der Waals surface area contributed by atoms with Crippen LogP contribution in [0.3, 0.4) is 0 Å². The lowest BCUT2D eigenvalue weighted by molar-refractivity contribution is 0.0969. The maximum atomic E-state index is 3.47. The van der Waals surface area contributed by atoms with Crippen molar-refractivity contribution in [1.82, 2.24) is 15.1 Å². The Morgan fingerprint density at radius 1 is 1.04 bits per heavy atom. The van der Waals surface area contributed by atoms with Crippen LogP contribution in [0.4, 0.5) is 0 Å². The molecule has 2 aliphatic rings. The molecule has 2 heterocycles. The molecule has 0 bridgehead atoms. The monoisotopic (exact) mass is 315 g/mol. The summed E-state index contributed by atoms with van der Waals surface area (Å²) >= 11 is 0. The van der Waals surface area contributed by atoms with Crippen molar-refractivity contribution in [3.05, 3.63) is 34.9 Å². The topological polar surface area (TPSA) is 18.5 Å². The van der Waals surface area contributed by atoms with Gasteiger partial charge in [-0.1, -0.05) is 25.1 Å². The average Bonchev–Trinajstić information content (AvgIpc) is 2.57. The summed E-state index contributed by atoms with van der Waals surface area (Å²) in [7, 11) is 0. The lowest BCUT2D eigenvalue weighted by Crippen LogP contribution is -2.48. The average molecular weight is 316 g/mol. The highest BCUT2D eigenvalue weighted by atomic mass is 15.2. The molecule has 1 aromatic carbocycles. The highest BCUT2D eigenvalue weighted by Gasteiger charge is 2.27. The number of nitrogens with one attached hydrogen (secondary N) is 1. The van der Waals surface area contributed by atoms with Gasteiger partial charge in [0.2, 0.25) is 0 Å². The molecule has 3 rings (SSSR count). The molecule has 0 aliphatic carbocycles. The Hall–Kier alpha value is -0.900. The quantitative estimate of drug-likeness (QED) is 0.921. The Bertz CT molecular complexity index is 500. The van der Waals surface area contributed by atoms with Crippen LogP contribution in [0.15, 0.2) is 18.2 Å². The molecule has 3 heteroatoms. The van der Waals surface area contributed by atoms with Gasteiger partial charge in [0.25, 0.3) is 0 Å². The van der Waals surface area contributed by atoms with Crippen LogP contribution in [0.5, 0.6) is 0 Å². The molecule has 128 valence electrons. The Balaban J connectivity index is 1.78. The zero-order valence-electron chi connectivity index (χ0n) is 15.1. The first-order valence-corrected chi connectivity index (χ1v) is 9.38. The molecule has 1 aromatic rings. The number of piperidine rings is 1. The SMILES string of the molecule is Cc1ccc(C(CN2CCNCC2)N2CCC(C)CC2)cc1C. The fraction of sp³-hybridized carbons (Fsp3) is 0.700. The van der Waals surface area contributed by atoms with Crippen molar-refractivity contribution in [2.45, 2.75) is 39.7 Å². The van der Waals surface area contributed by atoms with Gasteiger partial charge in [-0.25, -0.2) is 0 Å². The first kappa shape index (κ1) is 16.9. The second kappa shape index (κ2) is 7.78. The van der Waals surface area contributed by atoms with Crippen molar-refractivity contribution in [2.75, 3.05) is 45.8 Å². The normalized spacial score (nSPS) is 23.1. The van der Waals surface area contributed by atoms with Gasteiger partial charge in [-0.15, -0.1) is 0 Å². The molecular weight excluding hydrogens is 282 g/mol. The van der Waals surface area contributed by atoms with E-state index < -0.39 is 0 Å². The minimum absolute atomic E-state index is 0.555. The van der Waals surface area contributed by atoms with E-state index in [9.17, 15) is 0 Å². The second-order valence-electron chi connectivity index (χ2n) is 7.63. The van der Waals surface area contributed by atoms with E-state index in [2.05, 4.69) is 54.1 Å². The third-order valence-corrected chi connectivity index (χ3v) is 5.82. The molecule has 0 aromatic heterocycles. The number of benzene rings is 1. The van der Waals surface area contributed by atoms with E-state index in [1.165, 1.54) is 62.3 Å². The minimum atomic E-state index is 0.555. The maximum Gasteiger partial charge on any atom is 0.0475 e. The molecule has 0 radical (unpaired) electrons. The summed E-state index contributed by atoms with van der Waals surface area (Å²) in [5.74, 6) is 0.894. The predicted molar refractivity (Wildman–Crippen MR) is 97.9 cm³/mol. The highest BCUT2D eigenvalue weighted by Crippen LogP contribution is 2.29. The molecule has 2 saturated heterocycles. The molecule has 0 saturated carbocycles. The first-order chi connectivity index (χ1) is 11.1. The second-order valence-corrected chi connectivity index (χ2v) is 7.63. The van der Waals surface area contributed by atoms with Gasteiger partial charge >= 0.3 is 0 Å². The van der Waals surface area contributed by atoms with Gasteiger partial charge < -0.3 is 5.32 Å². The summed E-state index contributed by atoms with van der Waals surface area (Å²) in [6.45, 7) is 15.2. The molecule has 1 unspecified atom stereocenters. The van der Waals surface area contributed by atoms with Crippen LogP contribution in [0.2, 0.25) is 0 Å². The van der Waals surface area contributed by atoms with Gasteiger partial charge in [-0.05, 0) is 62.4 Å². The predicted octanol–water partition coefficient (Wildman–Crippen LogP) is 2.98. The van der Waals surface area contributed by atoms with Crippen LogP contribution in [-0.2, 0) is 0 Å². The Kier molecular flexibility index (Phi) is 5.73. The van der Waals surface area contributed by atoms with E-state index in [0.717, 1.165) is 19.0 Å². The molecule has 0 spiro atoms. The Morgan fingerprint density at radius 2 is 1.74 bits per heavy atom. The standard InChI is InChI=1S/C20H33N3/c1-16-6-10-23(11-7-16)20(15-22-12-8-21-9-13-22)19-5-4-17(2)18(3)14-19/h4-5,14,16,20-21H,6-13,15H2,1-3H3. The summed E-state index contributed by atoms with van der Waals surface area (Å²) < 4.78 is 0. The van der Waals surface area contributed by atoms with Crippen molar-refractivity contribution in [3.63, 3.8) is 0 Å². The molecule has 3 nitrogen and oxygen atoms in total. The summed E-state index contributed by atoms with van der Waals surface area (Å²) in [6.07, 6.45) is 2.70. The molecule has 1 atom stereocenters. The number of rotatable bonds is 4. The van der Waals surface area contributed by atoms with Crippen molar-refractivity contribution < 1.29 is 0 Å². The van der Waals surface area contributed by atoms with E-state index in [0.29, 0.717) is 6.04 Å². The van der Waals surface area contributed by atoms with Gasteiger partial charge in [0.05, 0.1) is 0 Å². The fourth-order valence-electron chi connectivity index (χ4n) is 3.88.